The third-order valence-corrected chi connectivity index (χ3v) is 3.13. The van der Waals surface area contributed by atoms with Crippen LogP contribution < -0.4 is 4.90 Å². The minimum Gasteiger partial charge on any atom is -0.378 e. The smallest absolute Gasteiger partial charge is 0.378 e. The maximum Gasteiger partial charge on any atom is 0.408 e. The summed E-state index contributed by atoms with van der Waals surface area (Å²) in [6.07, 6.45) is -0.285. The van der Waals surface area contributed by atoms with Crippen LogP contribution in [0.2, 0.25) is 0 Å². The Balaban J connectivity index is 2.33. The average molecular weight is 328 g/mol. The molecule has 0 saturated carbocycles. The first kappa shape index (κ1) is 16.9. The number of ether oxygens (including phenoxy) is 1. The Bertz CT molecular complexity index is 670. The highest BCUT2D eigenvalue weighted by Gasteiger charge is 2.31. The Morgan fingerprint density at radius 3 is 2.70 bits per heavy atom. The molecule has 9 heteroatoms. The summed E-state index contributed by atoms with van der Waals surface area (Å²) in [7, 11) is 2.85. The van der Waals surface area contributed by atoms with E-state index in [0.717, 1.165) is 10.9 Å². The predicted molar refractivity (Wildman–Crippen MR) is 76.0 cm³/mol. The predicted octanol–water partition coefficient (Wildman–Crippen LogP) is 2.26. The lowest BCUT2D eigenvalue weighted by molar-refractivity contribution is -0.143. The minimum absolute atomic E-state index is 0.0578. The van der Waals surface area contributed by atoms with E-state index >= 15 is 0 Å². The standard InChI is InChI=1S/C14H15F3N4O2/c1-20(10-4-3-5-18-6-10)13(22)11-7-19-21(9-14(15,16)17)12(11)8-23-2/h3-7H,8-9H2,1-2H3. The second-order valence-corrected chi connectivity index (χ2v) is 4.79. The Morgan fingerprint density at radius 1 is 1.39 bits per heavy atom. The number of rotatable bonds is 5. The monoisotopic (exact) mass is 328 g/mol. The molecular weight excluding hydrogens is 313 g/mol. The Labute approximate surface area is 130 Å². The zero-order chi connectivity index (χ0) is 17.0. The largest absolute Gasteiger partial charge is 0.408 e. The van der Waals surface area contributed by atoms with Crippen molar-refractivity contribution in [2.45, 2.75) is 19.3 Å². The van der Waals surface area contributed by atoms with Crippen molar-refractivity contribution in [3.63, 3.8) is 0 Å². The van der Waals surface area contributed by atoms with E-state index in [4.69, 9.17) is 4.74 Å². The van der Waals surface area contributed by atoms with E-state index in [2.05, 4.69) is 10.1 Å². The molecule has 0 unspecified atom stereocenters. The van der Waals surface area contributed by atoms with Gasteiger partial charge in [0.1, 0.15) is 6.54 Å². The number of carbonyl (C=O) groups is 1. The molecule has 2 heterocycles. The van der Waals surface area contributed by atoms with Crippen LogP contribution in [0.25, 0.3) is 0 Å². The molecule has 124 valence electrons. The minimum atomic E-state index is -4.44. The molecule has 0 aliphatic heterocycles. The van der Waals surface area contributed by atoms with Crippen LogP contribution in [0.5, 0.6) is 0 Å². The molecule has 0 radical (unpaired) electrons. The van der Waals surface area contributed by atoms with Gasteiger partial charge < -0.3 is 9.64 Å². The van der Waals surface area contributed by atoms with Crippen LogP contribution in [0.15, 0.2) is 30.7 Å². The molecule has 0 fully saturated rings. The van der Waals surface area contributed by atoms with Gasteiger partial charge in [0.15, 0.2) is 0 Å². The molecule has 0 spiro atoms. The molecule has 2 aromatic rings. The van der Waals surface area contributed by atoms with Crippen molar-refractivity contribution in [1.29, 1.82) is 0 Å². The normalized spacial score (nSPS) is 11.5. The van der Waals surface area contributed by atoms with Crippen molar-refractivity contribution in [3.8, 4) is 0 Å². The quantitative estimate of drug-likeness (QED) is 0.845. The molecule has 2 rings (SSSR count). The zero-order valence-corrected chi connectivity index (χ0v) is 12.5. The number of pyridine rings is 1. The number of alkyl halides is 3. The number of amides is 1. The maximum absolute atomic E-state index is 12.6. The maximum atomic E-state index is 12.6. The van der Waals surface area contributed by atoms with E-state index in [0.29, 0.717) is 5.69 Å². The summed E-state index contributed by atoms with van der Waals surface area (Å²) in [5.74, 6) is -0.488. The van der Waals surface area contributed by atoms with Gasteiger partial charge in [-0.3, -0.25) is 14.5 Å². The highest BCUT2D eigenvalue weighted by molar-refractivity contribution is 6.06. The summed E-state index contributed by atoms with van der Waals surface area (Å²) in [5, 5.41) is 3.67. The Kier molecular flexibility index (Phi) is 4.99. The summed E-state index contributed by atoms with van der Waals surface area (Å²) in [5.41, 5.74) is 0.650. The van der Waals surface area contributed by atoms with Crippen LogP contribution in [-0.2, 0) is 17.9 Å². The fourth-order valence-corrected chi connectivity index (χ4v) is 2.03. The molecule has 0 saturated heterocycles. The first-order valence-corrected chi connectivity index (χ1v) is 6.62. The van der Waals surface area contributed by atoms with E-state index in [9.17, 15) is 18.0 Å². The number of anilines is 1. The van der Waals surface area contributed by atoms with Gasteiger partial charge in [0.05, 0.1) is 35.9 Å². The average Bonchev–Trinajstić information content (AvgIpc) is 2.88. The second kappa shape index (κ2) is 6.78. The molecule has 0 bridgehead atoms. The van der Waals surface area contributed by atoms with Crippen LogP contribution in [0.3, 0.4) is 0 Å². The number of halogens is 3. The zero-order valence-electron chi connectivity index (χ0n) is 12.5. The lowest BCUT2D eigenvalue weighted by Crippen LogP contribution is -2.28. The van der Waals surface area contributed by atoms with Gasteiger partial charge in [-0.2, -0.15) is 18.3 Å². The lowest BCUT2D eigenvalue weighted by Gasteiger charge is -2.17. The number of aromatic nitrogens is 3. The van der Waals surface area contributed by atoms with Crippen molar-refractivity contribution < 1.29 is 22.7 Å². The molecule has 0 N–H and O–H groups in total. The lowest BCUT2D eigenvalue weighted by atomic mass is 10.2. The topological polar surface area (TPSA) is 60.2 Å². The Hall–Kier alpha value is -2.42. The van der Waals surface area contributed by atoms with Gasteiger partial charge in [-0.25, -0.2) is 0 Å². The summed E-state index contributed by atoms with van der Waals surface area (Å²) in [6.45, 7) is -1.44. The van der Waals surface area contributed by atoms with E-state index in [-0.39, 0.29) is 17.9 Å². The molecular formula is C14H15F3N4O2. The molecule has 2 aromatic heterocycles. The number of methoxy groups -OCH3 is 1. The molecule has 0 aliphatic carbocycles. The summed E-state index contributed by atoms with van der Waals surface area (Å²) in [4.78, 5) is 17.7. The van der Waals surface area contributed by atoms with Crippen molar-refractivity contribution in [2.75, 3.05) is 19.1 Å². The van der Waals surface area contributed by atoms with Gasteiger partial charge in [-0.1, -0.05) is 0 Å². The van der Waals surface area contributed by atoms with Crippen molar-refractivity contribution in [3.05, 3.63) is 42.0 Å². The van der Waals surface area contributed by atoms with E-state index in [1.165, 1.54) is 25.3 Å². The molecule has 0 aromatic carbocycles. The van der Waals surface area contributed by atoms with Crippen molar-refractivity contribution >= 4 is 11.6 Å². The molecule has 23 heavy (non-hydrogen) atoms. The SMILES string of the molecule is COCc1c(C(=O)N(C)c2cccnc2)cnn1CC(F)(F)F. The number of hydrogen-bond acceptors (Lipinski definition) is 4. The van der Waals surface area contributed by atoms with Crippen LogP contribution >= 0.6 is 0 Å². The Morgan fingerprint density at radius 2 is 2.13 bits per heavy atom. The number of nitrogens with zero attached hydrogens (tertiary/aromatic N) is 4. The summed E-state index contributed by atoms with van der Waals surface area (Å²) in [6, 6.07) is 3.32. The van der Waals surface area contributed by atoms with Gasteiger partial charge in [0.25, 0.3) is 5.91 Å². The van der Waals surface area contributed by atoms with E-state index < -0.39 is 18.6 Å². The van der Waals surface area contributed by atoms with Gasteiger partial charge in [0.2, 0.25) is 0 Å². The third kappa shape index (κ3) is 4.07. The van der Waals surface area contributed by atoms with E-state index in [1.807, 2.05) is 0 Å². The van der Waals surface area contributed by atoms with Crippen LogP contribution in [-0.4, -0.2) is 41.0 Å². The van der Waals surface area contributed by atoms with Gasteiger partial charge in [-0.15, -0.1) is 0 Å². The molecule has 1 amide bonds. The fraction of sp³-hybridized carbons (Fsp3) is 0.357. The first-order chi connectivity index (χ1) is 10.8. The first-order valence-electron chi connectivity index (χ1n) is 6.62. The van der Waals surface area contributed by atoms with Gasteiger partial charge in [0, 0.05) is 20.4 Å². The van der Waals surface area contributed by atoms with Crippen LogP contribution in [0.1, 0.15) is 16.1 Å². The van der Waals surface area contributed by atoms with Crippen LogP contribution in [0, 0.1) is 0 Å². The van der Waals surface area contributed by atoms with Crippen molar-refractivity contribution in [2.24, 2.45) is 0 Å². The number of carbonyl (C=O) groups excluding carboxylic acids is 1. The second-order valence-electron chi connectivity index (χ2n) is 4.79. The van der Waals surface area contributed by atoms with E-state index in [1.54, 1.807) is 18.3 Å². The molecule has 0 atom stereocenters. The van der Waals surface area contributed by atoms with Crippen molar-refractivity contribution in [1.82, 2.24) is 14.8 Å². The fourth-order valence-electron chi connectivity index (χ4n) is 2.03. The highest BCUT2D eigenvalue weighted by Crippen LogP contribution is 2.22. The molecule has 0 aliphatic rings. The third-order valence-electron chi connectivity index (χ3n) is 3.13. The molecule has 6 nitrogen and oxygen atoms in total. The van der Waals surface area contributed by atoms with Crippen LogP contribution in [0.4, 0.5) is 18.9 Å². The summed E-state index contributed by atoms with van der Waals surface area (Å²) >= 11 is 0. The van der Waals surface area contributed by atoms with Gasteiger partial charge in [-0.05, 0) is 12.1 Å². The summed E-state index contributed by atoms with van der Waals surface area (Å²) < 4.78 is 43.4. The highest BCUT2D eigenvalue weighted by atomic mass is 19.4. The number of hydrogen-bond donors (Lipinski definition) is 0. The van der Waals surface area contributed by atoms with Gasteiger partial charge >= 0.3 is 6.18 Å².